The van der Waals surface area contributed by atoms with Crippen molar-refractivity contribution < 1.29 is 14.3 Å². The van der Waals surface area contributed by atoms with Crippen molar-refractivity contribution >= 4 is 46.1 Å². The highest BCUT2D eigenvalue weighted by Gasteiger charge is 2.37. The molecule has 1 aliphatic heterocycles. The van der Waals surface area contributed by atoms with Gasteiger partial charge in [-0.1, -0.05) is 29.8 Å². The lowest BCUT2D eigenvalue weighted by atomic mass is 10.1. The predicted molar refractivity (Wildman–Crippen MR) is 138 cm³/mol. The van der Waals surface area contributed by atoms with E-state index in [1.807, 2.05) is 35.7 Å². The molecule has 9 heteroatoms. The largest absolute Gasteiger partial charge is 0.479 e. The first-order chi connectivity index (χ1) is 16.9. The fraction of sp³-hybridized carbons (Fsp3) is 0.154. The molecule has 2 aromatic heterocycles. The molecule has 0 aliphatic carbocycles. The summed E-state index contributed by atoms with van der Waals surface area (Å²) in [7, 11) is 0. The minimum atomic E-state index is -0.807. The summed E-state index contributed by atoms with van der Waals surface area (Å²) in [5.41, 5.74) is 3.34. The molecular weight excluding hydrogens is 484 g/mol. The number of para-hydroxylation sites is 1. The van der Waals surface area contributed by atoms with Gasteiger partial charge in [0.15, 0.2) is 6.10 Å². The van der Waals surface area contributed by atoms with Crippen molar-refractivity contribution in [3.63, 3.8) is 0 Å². The lowest BCUT2D eigenvalue weighted by Gasteiger charge is -2.36. The summed E-state index contributed by atoms with van der Waals surface area (Å²) in [6, 6.07) is 17.4. The number of carbonyl (C=O) groups is 2. The smallest absolute Gasteiger partial charge is 0.268 e. The van der Waals surface area contributed by atoms with Gasteiger partial charge in [-0.2, -0.15) is 0 Å². The topological polar surface area (TPSA) is 84.4 Å². The minimum Gasteiger partial charge on any atom is -0.479 e. The van der Waals surface area contributed by atoms with Crippen LogP contribution < -0.4 is 15.0 Å². The van der Waals surface area contributed by atoms with Crippen molar-refractivity contribution in [2.75, 3.05) is 10.2 Å². The Labute approximate surface area is 211 Å². The molecule has 2 amide bonds. The van der Waals surface area contributed by atoms with Gasteiger partial charge in [-0.05, 0) is 56.3 Å². The molecule has 0 bridgehead atoms. The summed E-state index contributed by atoms with van der Waals surface area (Å²) in [5.74, 6) is -0.134. The number of nitrogens with one attached hydrogen (secondary N) is 1. The van der Waals surface area contributed by atoms with Gasteiger partial charge in [0, 0.05) is 17.1 Å². The maximum atomic E-state index is 13.2. The van der Waals surface area contributed by atoms with Gasteiger partial charge in [0.2, 0.25) is 5.91 Å². The number of rotatable bonds is 5. The van der Waals surface area contributed by atoms with Crippen molar-refractivity contribution in [2.45, 2.75) is 26.0 Å². The quantitative estimate of drug-likeness (QED) is 0.378. The van der Waals surface area contributed by atoms with E-state index in [4.69, 9.17) is 21.3 Å². The first kappa shape index (κ1) is 23.0. The van der Waals surface area contributed by atoms with Gasteiger partial charge >= 0.3 is 0 Å². The van der Waals surface area contributed by atoms with Crippen LogP contribution in [0.3, 0.4) is 0 Å². The third-order valence-electron chi connectivity index (χ3n) is 5.69. The zero-order chi connectivity index (χ0) is 24.5. The molecule has 1 aliphatic rings. The number of benzene rings is 2. The van der Waals surface area contributed by atoms with Gasteiger partial charge in [0.05, 0.1) is 27.8 Å². The number of thiazole rings is 1. The van der Waals surface area contributed by atoms with Crippen LogP contribution in [0.25, 0.3) is 22.0 Å². The maximum Gasteiger partial charge on any atom is 0.268 e. The maximum absolute atomic E-state index is 13.2. The number of aromatic nitrogens is 2. The van der Waals surface area contributed by atoms with Crippen LogP contribution in [-0.2, 0) is 9.59 Å². The lowest BCUT2D eigenvalue weighted by molar-refractivity contribution is -0.128. The Kier molecular flexibility index (Phi) is 6.23. The first-order valence-electron chi connectivity index (χ1n) is 11.0. The van der Waals surface area contributed by atoms with Gasteiger partial charge in [-0.3, -0.25) is 19.5 Å². The second-order valence-corrected chi connectivity index (χ2v) is 9.31. The van der Waals surface area contributed by atoms with Crippen LogP contribution in [0.1, 0.15) is 13.8 Å². The van der Waals surface area contributed by atoms with Crippen LogP contribution in [0, 0.1) is 0 Å². The SMILES string of the molecule is CC1Oc2ccc(-c3csc(-c4ccccn4)n3)cc2N(C(C)C(=O)Nc2ccccc2Cl)C1=O. The zero-order valence-corrected chi connectivity index (χ0v) is 20.5. The Hall–Kier alpha value is -3.75. The number of fused-ring (bicyclic) bond motifs is 1. The highest BCUT2D eigenvalue weighted by Crippen LogP contribution is 2.39. The zero-order valence-electron chi connectivity index (χ0n) is 18.9. The van der Waals surface area contributed by atoms with Gasteiger partial charge in [-0.15, -0.1) is 11.3 Å². The van der Waals surface area contributed by atoms with Crippen molar-refractivity contribution in [1.82, 2.24) is 9.97 Å². The number of pyridine rings is 1. The van der Waals surface area contributed by atoms with Crippen LogP contribution in [-0.4, -0.2) is 33.9 Å². The fourth-order valence-electron chi connectivity index (χ4n) is 3.85. The molecule has 2 atom stereocenters. The van der Waals surface area contributed by atoms with Crippen LogP contribution in [0.5, 0.6) is 5.75 Å². The Morgan fingerprint density at radius 2 is 1.94 bits per heavy atom. The number of halogens is 1. The van der Waals surface area contributed by atoms with Gasteiger partial charge in [0.1, 0.15) is 16.8 Å². The second-order valence-electron chi connectivity index (χ2n) is 8.05. The Bertz CT molecular complexity index is 1410. The van der Waals surface area contributed by atoms with Crippen molar-refractivity contribution in [3.8, 4) is 27.7 Å². The van der Waals surface area contributed by atoms with E-state index in [1.165, 1.54) is 16.2 Å². The van der Waals surface area contributed by atoms with E-state index in [0.29, 0.717) is 22.1 Å². The number of carbonyl (C=O) groups excluding carboxylic acids is 2. The standard InChI is InChI=1S/C26H21ClN4O3S/c1-15(24(32)29-19-8-4-3-7-18(19)27)31-22-13-17(10-11-23(22)34-16(2)26(31)33)21-14-35-25(30-21)20-9-5-6-12-28-20/h3-16H,1-2H3,(H,29,32). The molecule has 0 saturated carbocycles. The van der Waals surface area contributed by atoms with Crippen molar-refractivity contribution in [3.05, 3.63) is 77.3 Å². The highest BCUT2D eigenvalue weighted by atomic mass is 35.5. The normalized spacial score (nSPS) is 15.8. The van der Waals surface area contributed by atoms with Crippen LogP contribution in [0.15, 0.2) is 72.2 Å². The summed E-state index contributed by atoms with van der Waals surface area (Å²) in [4.78, 5) is 36.8. The summed E-state index contributed by atoms with van der Waals surface area (Å²) < 4.78 is 5.84. The molecule has 4 aromatic rings. The molecule has 2 aromatic carbocycles. The number of hydrogen-bond acceptors (Lipinski definition) is 6. The molecule has 0 saturated heterocycles. The van der Waals surface area contributed by atoms with E-state index in [2.05, 4.69) is 10.3 Å². The summed E-state index contributed by atoms with van der Waals surface area (Å²) >= 11 is 7.69. The van der Waals surface area contributed by atoms with E-state index in [1.54, 1.807) is 50.4 Å². The van der Waals surface area contributed by atoms with E-state index in [0.717, 1.165) is 22.0 Å². The van der Waals surface area contributed by atoms with Gasteiger partial charge in [0.25, 0.3) is 5.91 Å². The number of anilines is 2. The first-order valence-corrected chi connectivity index (χ1v) is 12.2. The molecule has 0 radical (unpaired) electrons. The highest BCUT2D eigenvalue weighted by molar-refractivity contribution is 7.13. The summed E-state index contributed by atoms with van der Waals surface area (Å²) in [6.07, 6.45) is 1.01. The summed E-state index contributed by atoms with van der Waals surface area (Å²) in [5, 5.41) is 5.98. The number of ether oxygens (including phenoxy) is 1. The van der Waals surface area contributed by atoms with Crippen LogP contribution in [0.4, 0.5) is 11.4 Å². The molecule has 0 spiro atoms. The molecule has 0 fully saturated rings. The Morgan fingerprint density at radius 1 is 1.14 bits per heavy atom. The molecule has 3 heterocycles. The van der Waals surface area contributed by atoms with Gasteiger partial charge in [-0.25, -0.2) is 4.98 Å². The molecule has 1 N–H and O–H groups in total. The number of amides is 2. The third kappa shape index (κ3) is 4.50. The fourth-order valence-corrected chi connectivity index (χ4v) is 4.84. The number of nitrogens with zero attached hydrogens (tertiary/aromatic N) is 3. The van der Waals surface area contributed by atoms with E-state index < -0.39 is 12.1 Å². The minimum absolute atomic E-state index is 0.302. The van der Waals surface area contributed by atoms with E-state index in [-0.39, 0.29) is 11.8 Å². The third-order valence-corrected chi connectivity index (χ3v) is 6.88. The second kappa shape index (κ2) is 9.48. The van der Waals surface area contributed by atoms with E-state index >= 15 is 0 Å². The Balaban J connectivity index is 1.48. The molecule has 2 unspecified atom stereocenters. The van der Waals surface area contributed by atoms with Crippen molar-refractivity contribution in [2.24, 2.45) is 0 Å². The molecule has 35 heavy (non-hydrogen) atoms. The van der Waals surface area contributed by atoms with Crippen molar-refractivity contribution in [1.29, 1.82) is 0 Å². The average molecular weight is 505 g/mol. The van der Waals surface area contributed by atoms with E-state index in [9.17, 15) is 9.59 Å². The van der Waals surface area contributed by atoms with Crippen LogP contribution >= 0.6 is 22.9 Å². The lowest BCUT2D eigenvalue weighted by Crippen LogP contribution is -2.52. The molecule has 5 rings (SSSR count). The molecule has 176 valence electrons. The summed E-state index contributed by atoms with van der Waals surface area (Å²) in [6.45, 7) is 3.35. The predicted octanol–water partition coefficient (Wildman–Crippen LogP) is 5.67. The van der Waals surface area contributed by atoms with Crippen LogP contribution in [0.2, 0.25) is 5.02 Å². The molecular formula is C26H21ClN4O3S. The average Bonchev–Trinajstić information content (AvgIpc) is 3.37. The molecule has 7 nitrogen and oxygen atoms in total. The Morgan fingerprint density at radius 3 is 2.71 bits per heavy atom. The number of hydrogen-bond donors (Lipinski definition) is 1. The monoisotopic (exact) mass is 504 g/mol. The van der Waals surface area contributed by atoms with Gasteiger partial charge < -0.3 is 10.1 Å².